The second-order valence-corrected chi connectivity index (χ2v) is 5.65. The van der Waals surface area contributed by atoms with Crippen molar-refractivity contribution in [1.82, 2.24) is 0 Å². The molecule has 0 heterocycles. The van der Waals surface area contributed by atoms with E-state index in [4.69, 9.17) is 5.73 Å². The van der Waals surface area contributed by atoms with E-state index in [1.165, 1.54) is 0 Å². The molecule has 0 fully saturated rings. The molecule has 0 bridgehead atoms. The van der Waals surface area contributed by atoms with Crippen LogP contribution in [0.3, 0.4) is 0 Å². The molecule has 1 aromatic rings. The topological polar surface area (TPSA) is 55.1 Å². The maximum absolute atomic E-state index is 11.8. The van der Waals surface area contributed by atoms with Crippen molar-refractivity contribution < 1.29 is 4.79 Å². The van der Waals surface area contributed by atoms with Crippen LogP contribution >= 0.6 is 11.8 Å². The van der Waals surface area contributed by atoms with Crippen LogP contribution in [0, 0.1) is 12.8 Å². The summed E-state index contributed by atoms with van der Waals surface area (Å²) in [5.74, 6) is 2.18. The minimum atomic E-state index is 0.0179. The number of benzene rings is 1. The van der Waals surface area contributed by atoms with E-state index in [1.54, 1.807) is 17.8 Å². The summed E-state index contributed by atoms with van der Waals surface area (Å²) in [6.45, 7) is 6.31. The third-order valence-electron chi connectivity index (χ3n) is 2.90. The van der Waals surface area contributed by atoms with Crippen LogP contribution in [0.1, 0.15) is 25.8 Å². The third kappa shape index (κ3) is 4.61. The maximum atomic E-state index is 11.8. The van der Waals surface area contributed by atoms with Crippen molar-refractivity contribution in [2.45, 2.75) is 27.2 Å². The van der Waals surface area contributed by atoms with Gasteiger partial charge in [0.25, 0.3) is 0 Å². The number of nitrogen functional groups attached to an aromatic ring is 1. The lowest BCUT2D eigenvalue weighted by Crippen LogP contribution is -2.17. The molecule has 0 aliphatic rings. The van der Waals surface area contributed by atoms with Gasteiger partial charge in [0, 0.05) is 0 Å². The molecule has 0 saturated carbocycles. The number of carbonyl (C=O) groups is 1. The van der Waals surface area contributed by atoms with Gasteiger partial charge >= 0.3 is 0 Å². The van der Waals surface area contributed by atoms with Crippen molar-refractivity contribution in [2.24, 2.45) is 5.92 Å². The summed E-state index contributed by atoms with van der Waals surface area (Å²) in [5, 5.41) is 2.89. The molecule has 1 aromatic carbocycles. The van der Waals surface area contributed by atoms with Gasteiger partial charge in [-0.15, -0.1) is 0 Å². The molecular formula is C14H22N2OS. The average molecular weight is 266 g/mol. The highest BCUT2D eigenvalue weighted by Gasteiger charge is 2.08. The van der Waals surface area contributed by atoms with Crippen molar-refractivity contribution in [3.05, 3.63) is 23.8 Å². The van der Waals surface area contributed by atoms with Crippen molar-refractivity contribution in [1.29, 1.82) is 0 Å². The van der Waals surface area contributed by atoms with Crippen molar-refractivity contribution in [3.63, 3.8) is 0 Å². The smallest absolute Gasteiger partial charge is 0.234 e. The van der Waals surface area contributed by atoms with E-state index in [2.05, 4.69) is 19.2 Å². The Bertz CT molecular complexity index is 387. The lowest BCUT2D eigenvalue weighted by molar-refractivity contribution is -0.113. The van der Waals surface area contributed by atoms with Gasteiger partial charge < -0.3 is 11.1 Å². The number of nitrogens with one attached hydrogen (secondary N) is 1. The summed E-state index contributed by atoms with van der Waals surface area (Å²) in [6, 6.07) is 5.63. The fourth-order valence-electron chi connectivity index (χ4n) is 1.51. The second kappa shape index (κ2) is 7.31. The number of hydrogen-bond acceptors (Lipinski definition) is 3. The first-order valence-electron chi connectivity index (χ1n) is 6.27. The fraction of sp³-hybridized carbons (Fsp3) is 0.500. The van der Waals surface area contributed by atoms with E-state index >= 15 is 0 Å². The summed E-state index contributed by atoms with van der Waals surface area (Å²) in [7, 11) is 0. The largest absolute Gasteiger partial charge is 0.397 e. The Balaban J connectivity index is 2.45. The van der Waals surface area contributed by atoms with Crippen LogP contribution in [0.5, 0.6) is 0 Å². The van der Waals surface area contributed by atoms with Crippen molar-refractivity contribution >= 4 is 29.0 Å². The highest BCUT2D eigenvalue weighted by atomic mass is 32.2. The zero-order valence-electron chi connectivity index (χ0n) is 11.3. The molecule has 0 saturated heterocycles. The van der Waals surface area contributed by atoms with Crippen molar-refractivity contribution in [3.8, 4) is 0 Å². The normalized spacial score (nSPS) is 12.2. The predicted molar refractivity (Wildman–Crippen MR) is 81.0 cm³/mol. The fourth-order valence-corrected chi connectivity index (χ4v) is 2.52. The molecule has 0 aliphatic carbocycles. The van der Waals surface area contributed by atoms with E-state index in [9.17, 15) is 4.79 Å². The van der Waals surface area contributed by atoms with Crippen LogP contribution in [0.4, 0.5) is 11.4 Å². The monoisotopic (exact) mass is 266 g/mol. The van der Waals surface area contributed by atoms with E-state index in [0.717, 1.165) is 23.4 Å². The van der Waals surface area contributed by atoms with Gasteiger partial charge in [-0.2, -0.15) is 11.8 Å². The van der Waals surface area contributed by atoms with Crippen LogP contribution in [0.25, 0.3) is 0 Å². The Labute approximate surface area is 114 Å². The lowest BCUT2D eigenvalue weighted by atomic mass is 10.1. The molecule has 3 nitrogen and oxygen atoms in total. The number of para-hydroxylation sites is 1. The van der Waals surface area contributed by atoms with Gasteiger partial charge in [-0.3, -0.25) is 4.79 Å². The molecule has 1 amide bonds. The number of rotatable bonds is 6. The molecule has 1 unspecified atom stereocenters. The molecule has 100 valence electrons. The van der Waals surface area contributed by atoms with E-state index in [1.807, 2.05) is 19.1 Å². The molecule has 1 atom stereocenters. The van der Waals surface area contributed by atoms with Gasteiger partial charge in [0.15, 0.2) is 0 Å². The van der Waals surface area contributed by atoms with Crippen molar-refractivity contribution in [2.75, 3.05) is 22.6 Å². The molecule has 3 N–H and O–H groups in total. The molecule has 0 radical (unpaired) electrons. The maximum Gasteiger partial charge on any atom is 0.234 e. The first-order valence-corrected chi connectivity index (χ1v) is 7.42. The summed E-state index contributed by atoms with van der Waals surface area (Å²) in [5.41, 5.74) is 8.21. The Kier molecular flexibility index (Phi) is 6.05. The SMILES string of the molecule is CCC(C)CSCC(=O)Nc1c(C)cccc1N. The number of anilines is 2. The van der Waals surface area contributed by atoms with E-state index < -0.39 is 0 Å². The van der Waals surface area contributed by atoms with Crippen LogP contribution < -0.4 is 11.1 Å². The van der Waals surface area contributed by atoms with Gasteiger partial charge in [0.05, 0.1) is 17.1 Å². The minimum Gasteiger partial charge on any atom is -0.397 e. The Morgan fingerprint density at radius 2 is 2.22 bits per heavy atom. The van der Waals surface area contributed by atoms with Gasteiger partial charge in [-0.1, -0.05) is 32.4 Å². The highest BCUT2D eigenvalue weighted by molar-refractivity contribution is 7.99. The number of thioether (sulfide) groups is 1. The van der Waals surface area contributed by atoms with Crippen LogP contribution in [-0.4, -0.2) is 17.4 Å². The number of amides is 1. The number of aryl methyl sites for hydroxylation is 1. The summed E-state index contributed by atoms with van der Waals surface area (Å²) < 4.78 is 0. The summed E-state index contributed by atoms with van der Waals surface area (Å²) in [6.07, 6.45) is 1.15. The Hall–Kier alpha value is -1.16. The first kappa shape index (κ1) is 14.9. The lowest BCUT2D eigenvalue weighted by Gasteiger charge is -2.11. The molecular weight excluding hydrogens is 244 g/mol. The van der Waals surface area contributed by atoms with Crippen LogP contribution in [-0.2, 0) is 4.79 Å². The zero-order valence-corrected chi connectivity index (χ0v) is 12.1. The minimum absolute atomic E-state index is 0.0179. The average Bonchev–Trinajstić information content (AvgIpc) is 2.34. The van der Waals surface area contributed by atoms with Gasteiger partial charge in [0.2, 0.25) is 5.91 Å². The highest BCUT2D eigenvalue weighted by Crippen LogP contribution is 2.22. The van der Waals surface area contributed by atoms with Gasteiger partial charge in [0.1, 0.15) is 0 Å². The molecule has 18 heavy (non-hydrogen) atoms. The first-order chi connectivity index (χ1) is 8.54. The third-order valence-corrected chi connectivity index (χ3v) is 4.17. The number of carbonyl (C=O) groups excluding carboxylic acids is 1. The van der Waals surface area contributed by atoms with Crippen LogP contribution in [0.15, 0.2) is 18.2 Å². The number of hydrogen-bond donors (Lipinski definition) is 2. The molecule has 0 spiro atoms. The van der Waals surface area contributed by atoms with Crippen LogP contribution in [0.2, 0.25) is 0 Å². The zero-order chi connectivity index (χ0) is 13.5. The van der Waals surface area contributed by atoms with Gasteiger partial charge in [-0.25, -0.2) is 0 Å². The predicted octanol–water partition coefficient (Wildman–Crippen LogP) is 3.30. The standard InChI is InChI=1S/C14H22N2OS/c1-4-10(2)8-18-9-13(17)16-14-11(3)6-5-7-12(14)15/h5-7,10H,4,8-9,15H2,1-3H3,(H,16,17). The van der Waals surface area contributed by atoms with E-state index in [0.29, 0.717) is 17.4 Å². The second-order valence-electron chi connectivity index (χ2n) is 4.62. The molecule has 0 aliphatic heterocycles. The summed E-state index contributed by atoms with van der Waals surface area (Å²) >= 11 is 1.67. The Morgan fingerprint density at radius 1 is 1.50 bits per heavy atom. The Morgan fingerprint density at radius 3 is 2.83 bits per heavy atom. The number of nitrogens with two attached hydrogens (primary N) is 1. The quantitative estimate of drug-likeness (QED) is 0.777. The van der Waals surface area contributed by atoms with Gasteiger partial charge in [-0.05, 0) is 30.2 Å². The summed E-state index contributed by atoms with van der Waals surface area (Å²) in [4.78, 5) is 11.8. The molecule has 4 heteroatoms. The molecule has 0 aromatic heterocycles. The van der Waals surface area contributed by atoms with E-state index in [-0.39, 0.29) is 5.91 Å². The molecule has 1 rings (SSSR count).